The number of aryl methyl sites for hydroxylation is 1. The van der Waals surface area contributed by atoms with Crippen molar-refractivity contribution in [3.8, 4) is 0 Å². The van der Waals surface area contributed by atoms with Gasteiger partial charge in [-0.2, -0.15) is 18.3 Å². The van der Waals surface area contributed by atoms with E-state index in [9.17, 15) is 18.0 Å². The number of carbonyl (C=O) groups excluding carboxylic acids is 1. The van der Waals surface area contributed by atoms with Crippen molar-refractivity contribution in [2.24, 2.45) is 18.9 Å². The monoisotopic (exact) mass is 330 g/mol. The molecule has 128 valence electrons. The second-order valence-electron chi connectivity index (χ2n) is 6.46. The van der Waals surface area contributed by atoms with Crippen molar-refractivity contribution in [1.29, 1.82) is 0 Å². The average molecular weight is 330 g/mol. The maximum Gasteiger partial charge on any atom is 0.393 e. The number of amides is 1. The molecule has 0 spiro atoms. The van der Waals surface area contributed by atoms with E-state index in [0.717, 1.165) is 18.4 Å². The van der Waals surface area contributed by atoms with Crippen LogP contribution in [0.5, 0.6) is 0 Å². The smallest absolute Gasteiger partial charge is 0.342 e. The number of halogens is 3. The minimum absolute atomic E-state index is 0.117. The molecule has 0 aliphatic carbocycles. The van der Waals surface area contributed by atoms with E-state index >= 15 is 0 Å². The third-order valence-electron chi connectivity index (χ3n) is 4.95. The van der Waals surface area contributed by atoms with Crippen molar-refractivity contribution in [1.82, 2.24) is 20.0 Å². The van der Waals surface area contributed by atoms with Crippen molar-refractivity contribution >= 4 is 5.91 Å². The number of alkyl halides is 3. The van der Waals surface area contributed by atoms with E-state index in [1.54, 1.807) is 9.58 Å². The molecule has 2 aliphatic heterocycles. The van der Waals surface area contributed by atoms with Crippen molar-refractivity contribution < 1.29 is 18.0 Å². The number of hydrogen-bond donors (Lipinski definition) is 1. The summed E-state index contributed by atoms with van der Waals surface area (Å²) in [5.74, 6) is -2.58. The van der Waals surface area contributed by atoms with Crippen molar-refractivity contribution in [2.75, 3.05) is 26.2 Å². The fourth-order valence-corrected chi connectivity index (χ4v) is 3.60. The first-order valence-electron chi connectivity index (χ1n) is 7.91. The van der Waals surface area contributed by atoms with Crippen LogP contribution in [0.15, 0.2) is 12.4 Å². The molecule has 2 fully saturated rings. The van der Waals surface area contributed by atoms with Gasteiger partial charge in [0.15, 0.2) is 0 Å². The highest BCUT2D eigenvalue weighted by atomic mass is 19.4. The molecule has 1 aromatic rings. The van der Waals surface area contributed by atoms with Crippen molar-refractivity contribution in [3.63, 3.8) is 0 Å². The summed E-state index contributed by atoms with van der Waals surface area (Å²) < 4.78 is 40.8. The zero-order valence-corrected chi connectivity index (χ0v) is 13.0. The fourth-order valence-electron chi connectivity index (χ4n) is 3.60. The van der Waals surface area contributed by atoms with Crippen LogP contribution in [0.4, 0.5) is 13.2 Å². The lowest BCUT2D eigenvalue weighted by Gasteiger charge is -2.34. The lowest BCUT2D eigenvalue weighted by atomic mass is 9.89. The Morgan fingerprint density at radius 3 is 2.57 bits per heavy atom. The van der Waals surface area contributed by atoms with Crippen LogP contribution >= 0.6 is 0 Å². The summed E-state index contributed by atoms with van der Waals surface area (Å²) in [5, 5.41) is 6.86. The quantitative estimate of drug-likeness (QED) is 0.895. The normalized spacial score (nSPS) is 26.7. The van der Waals surface area contributed by atoms with Crippen LogP contribution in [0.2, 0.25) is 0 Å². The van der Waals surface area contributed by atoms with Gasteiger partial charge in [-0.3, -0.25) is 9.48 Å². The maximum atomic E-state index is 13.0. The molecule has 5 nitrogen and oxygen atoms in total. The Balaban J connectivity index is 1.60. The molecule has 0 bridgehead atoms. The number of rotatable bonds is 2. The molecule has 0 radical (unpaired) electrons. The lowest BCUT2D eigenvalue weighted by Crippen LogP contribution is -2.45. The molecular weight excluding hydrogens is 309 g/mol. The van der Waals surface area contributed by atoms with Crippen LogP contribution in [0.25, 0.3) is 0 Å². The number of nitrogens with one attached hydrogen (secondary N) is 1. The molecule has 1 aromatic heterocycles. The standard InChI is InChI=1S/C15H21F3N4O/c1-21-9-11(6-20-21)10-2-4-22(5-3-10)14(23)12-7-19-8-13(12)15(16,17)18/h6,9-10,12-13,19H,2-5,7-8H2,1H3/t12-,13-/m1/s1. The summed E-state index contributed by atoms with van der Waals surface area (Å²) in [5.41, 5.74) is 1.13. The van der Waals surface area contributed by atoms with Gasteiger partial charge in [-0.1, -0.05) is 0 Å². The molecule has 1 amide bonds. The molecule has 3 heterocycles. The molecule has 2 aliphatic rings. The van der Waals surface area contributed by atoms with Gasteiger partial charge in [0, 0.05) is 39.4 Å². The number of piperidine rings is 1. The Morgan fingerprint density at radius 2 is 2.00 bits per heavy atom. The number of hydrogen-bond acceptors (Lipinski definition) is 3. The third-order valence-corrected chi connectivity index (χ3v) is 4.95. The van der Waals surface area contributed by atoms with Crippen molar-refractivity contribution in [2.45, 2.75) is 24.9 Å². The molecule has 0 aromatic carbocycles. The van der Waals surface area contributed by atoms with Gasteiger partial charge in [0.25, 0.3) is 0 Å². The summed E-state index contributed by atoms with van der Waals surface area (Å²) in [4.78, 5) is 14.1. The Bertz CT molecular complexity index is 563. The first-order chi connectivity index (χ1) is 10.9. The van der Waals surface area contributed by atoms with Gasteiger partial charge in [-0.05, 0) is 24.3 Å². The number of carbonyl (C=O) groups is 1. The SMILES string of the molecule is Cn1cc(C2CCN(C(=O)[C@@H]3CNC[C@H]3C(F)(F)F)CC2)cn1. The molecule has 2 saturated heterocycles. The topological polar surface area (TPSA) is 50.2 Å². The molecular formula is C15H21F3N4O. The highest BCUT2D eigenvalue weighted by Crippen LogP contribution is 2.36. The van der Waals surface area contributed by atoms with E-state index in [4.69, 9.17) is 0 Å². The highest BCUT2D eigenvalue weighted by molar-refractivity contribution is 5.80. The van der Waals surface area contributed by atoms with Gasteiger partial charge >= 0.3 is 6.18 Å². The minimum atomic E-state index is -4.32. The van der Waals surface area contributed by atoms with Crippen LogP contribution in [0.3, 0.4) is 0 Å². The fraction of sp³-hybridized carbons (Fsp3) is 0.733. The van der Waals surface area contributed by atoms with E-state index in [0.29, 0.717) is 19.0 Å². The van der Waals surface area contributed by atoms with E-state index in [1.165, 1.54) is 0 Å². The summed E-state index contributed by atoms with van der Waals surface area (Å²) in [6.07, 6.45) is 1.01. The molecule has 23 heavy (non-hydrogen) atoms. The Morgan fingerprint density at radius 1 is 1.30 bits per heavy atom. The van der Waals surface area contributed by atoms with E-state index < -0.39 is 18.0 Å². The zero-order chi connectivity index (χ0) is 16.6. The average Bonchev–Trinajstić information content (AvgIpc) is 3.15. The third kappa shape index (κ3) is 3.36. The predicted octanol–water partition coefficient (Wildman–Crippen LogP) is 1.52. The molecule has 8 heteroatoms. The summed E-state index contributed by atoms with van der Waals surface area (Å²) in [6.45, 7) is 0.983. The van der Waals surface area contributed by atoms with E-state index in [1.807, 2.05) is 19.4 Å². The summed E-state index contributed by atoms with van der Waals surface area (Å²) in [7, 11) is 1.85. The highest BCUT2D eigenvalue weighted by Gasteiger charge is 2.50. The Hall–Kier alpha value is -1.57. The predicted molar refractivity (Wildman–Crippen MR) is 77.7 cm³/mol. The van der Waals surface area contributed by atoms with Gasteiger partial charge < -0.3 is 10.2 Å². The van der Waals surface area contributed by atoms with Gasteiger partial charge in [0.2, 0.25) is 5.91 Å². The van der Waals surface area contributed by atoms with Gasteiger partial charge in [0.05, 0.1) is 18.0 Å². The van der Waals surface area contributed by atoms with Gasteiger partial charge in [-0.25, -0.2) is 0 Å². The van der Waals surface area contributed by atoms with Crippen molar-refractivity contribution in [3.05, 3.63) is 18.0 Å². The van der Waals surface area contributed by atoms with E-state index in [2.05, 4.69) is 10.4 Å². The molecule has 2 atom stereocenters. The second kappa shape index (κ2) is 6.14. The number of aromatic nitrogens is 2. The second-order valence-corrected chi connectivity index (χ2v) is 6.46. The van der Waals surface area contributed by atoms with E-state index in [-0.39, 0.29) is 19.0 Å². The largest absolute Gasteiger partial charge is 0.393 e. The number of likely N-dealkylation sites (tertiary alicyclic amines) is 1. The van der Waals surface area contributed by atoms with Gasteiger partial charge in [0.1, 0.15) is 0 Å². The Kier molecular flexibility index (Phi) is 4.35. The zero-order valence-electron chi connectivity index (χ0n) is 13.0. The number of nitrogens with zero attached hydrogens (tertiary/aromatic N) is 3. The van der Waals surface area contributed by atoms with Crippen LogP contribution in [0, 0.1) is 11.8 Å². The molecule has 3 rings (SSSR count). The van der Waals surface area contributed by atoms with Crippen LogP contribution in [0.1, 0.15) is 24.3 Å². The summed E-state index contributed by atoms with van der Waals surface area (Å²) >= 11 is 0. The maximum absolute atomic E-state index is 13.0. The first kappa shape index (κ1) is 16.3. The molecule has 0 saturated carbocycles. The summed E-state index contributed by atoms with van der Waals surface area (Å²) in [6, 6.07) is 0. The van der Waals surface area contributed by atoms with Crippen LogP contribution in [-0.2, 0) is 11.8 Å². The van der Waals surface area contributed by atoms with Gasteiger partial charge in [-0.15, -0.1) is 0 Å². The molecule has 1 N–H and O–H groups in total. The molecule has 0 unspecified atom stereocenters. The first-order valence-corrected chi connectivity index (χ1v) is 7.91. The lowest BCUT2D eigenvalue weighted by molar-refractivity contribution is -0.185. The minimum Gasteiger partial charge on any atom is -0.342 e. The van der Waals surface area contributed by atoms with Crippen LogP contribution in [-0.4, -0.2) is 52.9 Å². The Labute approximate surface area is 132 Å². The van der Waals surface area contributed by atoms with Crippen LogP contribution < -0.4 is 5.32 Å².